The Balaban J connectivity index is 1.58. The van der Waals surface area contributed by atoms with Crippen LogP contribution in [0.1, 0.15) is 6.42 Å². The first-order valence-corrected chi connectivity index (χ1v) is 12.3. The number of nitrogens with one attached hydrogen (secondary N) is 2. The molecule has 2 saturated heterocycles. The molecule has 10 nitrogen and oxygen atoms in total. The number of fused-ring (bicyclic) bond motifs is 1. The molecule has 0 saturated carbocycles. The Bertz CT molecular complexity index is 1440. The number of amides is 1. The van der Waals surface area contributed by atoms with E-state index in [4.69, 9.17) is 14.2 Å². The van der Waals surface area contributed by atoms with Gasteiger partial charge in [0, 0.05) is 24.3 Å². The van der Waals surface area contributed by atoms with Crippen LogP contribution in [0.3, 0.4) is 0 Å². The van der Waals surface area contributed by atoms with Gasteiger partial charge in [0.05, 0.1) is 57.3 Å². The van der Waals surface area contributed by atoms with Crippen LogP contribution in [-0.4, -0.2) is 79.4 Å². The van der Waals surface area contributed by atoms with Gasteiger partial charge < -0.3 is 29.7 Å². The molecule has 1 aromatic carbocycles. The van der Waals surface area contributed by atoms with Crippen LogP contribution in [0.2, 0.25) is 0 Å². The Hall–Kier alpha value is -4.20. The van der Waals surface area contributed by atoms with Gasteiger partial charge in [0.25, 0.3) is 5.92 Å². The van der Waals surface area contributed by atoms with E-state index in [9.17, 15) is 13.6 Å². The Kier molecular flexibility index (Phi) is 7.36. The number of hydrogen-bond donors (Lipinski definition) is 2. The number of nitrogens with zero attached hydrogens (tertiary/aromatic N) is 4. The lowest BCUT2D eigenvalue weighted by Crippen LogP contribution is -2.56. The van der Waals surface area contributed by atoms with E-state index in [2.05, 4.69) is 32.2 Å². The van der Waals surface area contributed by atoms with E-state index >= 15 is 8.78 Å². The van der Waals surface area contributed by atoms with Crippen molar-refractivity contribution in [1.29, 1.82) is 0 Å². The number of halogens is 4. The third kappa shape index (κ3) is 5.18. The van der Waals surface area contributed by atoms with Crippen LogP contribution >= 0.6 is 0 Å². The second kappa shape index (κ2) is 10.8. The van der Waals surface area contributed by atoms with Gasteiger partial charge in [-0.25, -0.2) is 32.5 Å². The zero-order valence-corrected chi connectivity index (χ0v) is 21.6. The number of carbonyl (C=O) groups excluding carboxylic acids is 1. The molecule has 2 N–H and O–H groups in total. The van der Waals surface area contributed by atoms with Crippen LogP contribution < -0.4 is 25.0 Å². The lowest BCUT2D eigenvalue weighted by atomic mass is 10.0. The minimum Gasteiger partial charge on any atom is -0.494 e. The van der Waals surface area contributed by atoms with E-state index in [0.29, 0.717) is 18.4 Å². The van der Waals surface area contributed by atoms with Gasteiger partial charge in [0.1, 0.15) is 5.52 Å². The molecule has 1 amide bonds. The Morgan fingerprint density at radius 2 is 1.85 bits per heavy atom. The summed E-state index contributed by atoms with van der Waals surface area (Å²) in [4.78, 5) is 26.3. The largest absolute Gasteiger partial charge is 0.494 e. The summed E-state index contributed by atoms with van der Waals surface area (Å²) in [5, 5.41) is 6.26. The fourth-order valence-corrected chi connectivity index (χ4v) is 4.67. The van der Waals surface area contributed by atoms with Gasteiger partial charge in [-0.1, -0.05) is 6.58 Å². The van der Waals surface area contributed by atoms with Crippen LogP contribution in [0.5, 0.6) is 11.5 Å². The Morgan fingerprint density at radius 3 is 2.48 bits per heavy atom. The summed E-state index contributed by atoms with van der Waals surface area (Å²) in [6.45, 7) is 2.86. The van der Waals surface area contributed by atoms with E-state index in [1.54, 1.807) is 0 Å². The molecule has 2 fully saturated rings. The molecule has 3 aromatic rings. The van der Waals surface area contributed by atoms with Crippen molar-refractivity contribution < 1.29 is 36.6 Å². The van der Waals surface area contributed by atoms with Crippen molar-refractivity contribution in [3.8, 4) is 22.8 Å². The molecule has 2 aliphatic heterocycles. The third-order valence-corrected chi connectivity index (χ3v) is 6.70. The molecule has 0 bridgehead atoms. The molecular weight excluding hydrogens is 536 g/mol. The van der Waals surface area contributed by atoms with Gasteiger partial charge in [-0.3, -0.25) is 4.79 Å². The molecule has 0 radical (unpaired) electrons. The van der Waals surface area contributed by atoms with E-state index in [1.807, 2.05) is 0 Å². The normalized spacial score (nSPS) is 20.0. The van der Waals surface area contributed by atoms with Crippen molar-refractivity contribution in [3.05, 3.63) is 42.6 Å². The number of methoxy groups -OCH3 is 2. The monoisotopic (exact) mass is 562 g/mol. The predicted molar refractivity (Wildman–Crippen MR) is 138 cm³/mol. The number of pyridine rings is 1. The lowest BCUT2D eigenvalue weighted by Gasteiger charge is -2.40. The average Bonchev–Trinajstić information content (AvgIpc) is 2.92. The molecule has 5 rings (SSSR count). The first kappa shape index (κ1) is 27.4. The van der Waals surface area contributed by atoms with Crippen LogP contribution in [0.4, 0.5) is 29.3 Å². The molecule has 0 spiro atoms. The average molecular weight is 563 g/mol. The van der Waals surface area contributed by atoms with Crippen molar-refractivity contribution in [2.45, 2.75) is 24.4 Å². The van der Waals surface area contributed by atoms with E-state index < -0.39 is 42.3 Å². The fourth-order valence-electron chi connectivity index (χ4n) is 4.67. The summed E-state index contributed by atoms with van der Waals surface area (Å²) in [6.07, 6.45) is 3.09. The maximum absolute atomic E-state index is 15.3. The second-order valence-electron chi connectivity index (χ2n) is 9.39. The van der Waals surface area contributed by atoms with Crippen LogP contribution in [0, 0.1) is 11.6 Å². The molecule has 212 valence electrons. The van der Waals surface area contributed by atoms with Crippen LogP contribution in [0.25, 0.3) is 22.2 Å². The number of aromatic nitrogens is 3. The number of carbonyl (C=O) groups is 1. The topological polar surface area (TPSA) is 111 Å². The molecular formula is C26H26F4N6O4. The molecule has 0 aliphatic carbocycles. The van der Waals surface area contributed by atoms with E-state index in [-0.39, 0.29) is 53.0 Å². The number of anilines is 2. The summed E-state index contributed by atoms with van der Waals surface area (Å²) >= 11 is 0. The molecule has 2 atom stereocenters. The standard InChI is InChI=1S/C26H26F4N6O4/c1-4-19(37)32-14-5-6-40-10-16(14)34-25-31-9-13-7-15(20-21(27)17(38-2)8-18(39-3)22(20)28)33-24(23(13)35-25)36-11-26(29,30)12-36/h4,7-9,14,16H,1,5-6,10-12H2,2-3H3,(H,32,37)(H,31,34,35)/t14-,16+/m0/s1. The van der Waals surface area contributed by atoms with Gasteiger partial charge in [0.2, 0.25) is 11.9 Å². The summed E-state index contributed by atoms with van der Waals surface area (Å²) in [5.74, 6) is -5.79. The summed E-state index contributed by atoms with van der Waals surface area (Å²) < 4.78 is 73.9. The van der Waals surface area contributed by atoms with Crippen molar-refractivity contribution in [2.75, 3.05) is 50.7 Å². The number of ether oxygens (including phenoxy) is 3. The highest BCUT2D eigenvalue weighted by atomic mass is 19.3. The smallest absolute Gasteiger partial charge is 0.282 e. The van der Waals surface area contributed by atoms with Crippen LogP contribution in [0.15, 0.2) is 31.0 Å². The van der Waals surface area contributed by atoms with Crippen molar-refractivity contribution in [3.63, 3.8) is 0 Å². The highest BCUT2D eigenvalue weighted by Gasteiger charge is 2.45. The molecule has 40 heavy (non-hydrogen) atoms. The highest BCUT2D eigenvalue weighted by Crippen LogP contribution is 2.41. The maximum Gasteiger partial charge on any atom is 0.282 e. The lowest BCUT2D eigenvalue weighted by molar-refractivity contribution is -0.117. The van der Waals surface area contributed by atoms with Crippen molar-refractivity contribution >= 4 is 28.6 Å². The van der Waals surface area contributed by atoms with Gasteiger partial charge in [-0.15, -0.1) is 0 Å². The van der Waals surface area contributed by atoms with E-state index in [0.717, 1.165) is 6.07 Å². The molecule has 4 heterocycles. The zero-order chi connectivity index (χ0) is 28.6. The fraction of sp³-hybridized carbons (Fsp3) is 0.385. The first-order chi connectivity index (χ1) is 19.1. The summed E-state index contributed by atoms with van der Waals surface area (Å²) in [5.41, 5.74) is -0.535. The Labute approximate surface area is 226 Å². The van der Waals surface area contributed by atoms with Gasteiger partial charge in [-0.2, -0.15) is 0 Å². The maximum atomic E-state index is 15.3. The van der Waals surface area contributed by atoms with E-state index in [1.165, 1.54) is 37.5 Å². The zero-order valence-electron chi connectivity index (χ0n) is 21.6. The molecule has 0 unspecified atom stereocenters. The van der Waals surface area contributed by atoms with Crippen molar-refractivity contribution in [2.24, 2.45) is 0 Å². The Morgan fingerprint density at radius 1 is 1.15 bits per heavy atom. The quantitative estimate of drug-likeness (QED) is 0.316. The molecule has 2 aliphatic rings. The minimum atomic E-state index is -2.95. The first-order valence-electron chi connectivity index (χ1n) is 12.3. The second-order valence-corrected chi connectivity index (χ2v) is 9.39. The molecule has 14 heteroatoms. The molecule has 2 aromatic heterocycles. The van der Waals surface area contributed by atoms with Crippen molar-refractivity contribution in [1.82, 2.24) is 20.3 Å². The summed E-state index contributed by atoms with van der Waals surface area (Å²) in [7, 11) is 2.43. The number of hydrogen-bond acceptors (Lipinski definition) is 9. The number of benzene rings is 1. The highest BCUT2D eigenvalue weighted by molar-refractivity contribution is 5.93. The van der Waals surface area contributed by atoms with Gasteiger partial charge >= 0.3 is 0 Å². The predicted octanol–water partition coefficient (Wildman–Crippen LogP) is 3.31. The van der Waals surface area contributed by atoms with Gasteiger partial charge in [-0.05, 0) is 18.6 Å². The summed E-state index contributed by atoms with van der Waals surface area (Å²) in [6, 6.07) is 1.72. The number of rotatable bonds is 8. The third-order valence-electron chi connectivity index (χ3n) is 6.70. The van der Waals surface area contributed by atoms with Crippen LogP contribution in [-0.2, 0) is 9.53 Å². The minimum absolute atomic E-state index is 0.000802. The van der Waals surface area contributed by atoms with Gasteiger partial charge in [0.15, 0.2) is 29.0 Å². The SMILES string of the molecule is C=CC(=O)N[C@H]1CCOC[C@H]1Nc1ncc2cc(-c3c(F)c(OC)cc(OC)c3F)nc(N3CC(F)(F)C3)c2n1. The number of alkyl halides is 2.